The van der Waals surface area contributed by atoms with Gasteiger partial charge in [0, 0.05) is 17.6 Å². The Balaban J connectivity index is 1.54. The second kappa shape index (κ2) is 12.9. The van der Waals surface area contributed by atoms with Gasteiger partial charge in [0.1, 0.15) is 0 Å². The summed E-state index contributed by atoms with van der Waals surface area (Å²) in [7, 11) is 3.29. The zero-order valence-electron chi connectivity index (χ0n) is 17.0. The first kappa shape index (κ1) is 22.8. The van der Waals surface area contributed by atoms with Gasteiger partial charge in [-0.15, -0.1) is 0 Å². The summed E-state index contributed by atoms with van der Waals surface area (Å²) < 4.78 is 10.6. The van der Waals surface area contributed by atoms with E-state index >= 15 is 0 Å². The number of halogens is 1. The summed E-state index contributed by atoms with van der Waals surface area (Å²) in [6, 6.07) is 13.4. The second-order valence-electron chi connectivity index (χ2n) is 6.58. The van der Waals surface area contributed by atoms with E-state index in [4.69, 9.17) is 21.1 Å². The molecule has 0 saturated carbocycles. The summed E-state index contributed by atoms with van der Waals surface area (Å²) in [6.45, 7) is 2.43. The van der Waals surface area contributed by atoms with Crippen molar-refractivity contribution in [2.45, 2.75) is 19.3 Å². The molecule has 156 valence electrons. The lowest BCUT2D eigenvalue weighted by Crippen LogP contribution is -2.26. The number of ether oxygens (including phenoxy) is 2. The smallest absolute Gasteiger partial charge is 0.243 e. The van der Waals surface area contributed by atoms with Crippen LogP contribution in [0.2, 0.25) is 5.02 Å². The molecular formula is C23H29ClN2O3. The monoisotopic (exact) mass is 416 g/mol. The largest absolute Gasteiger partial charge is 0.493 e. The van der Waals surface area contributed by atoms with Gasteiger partial charge in [-0.25, -0.2) is 0 Å². The van der Waals surface area contributed by atoms with Crippen molar-refractivity contribution in [3.63, 3.8) is 0 Å². The summed E-state index contributed by atoms with van der Waals surface area (Å²) in [6.07, 6.45) is 6.17. The van der Waals surface area contributed by atoms with E-state index in [-0.39, 0.29) is 5.91 Å². The van der Waals surface area contributed by atoms with Gasteiger partial charge in [0.15, 0.2) is 11.5 Å². The predicted molar refractivity (Wildman–Crippen MR) is 119 cm³/mol. The first-order chi connectivity index (χ1) is 14.1. The Morgan fingerprint density at radius 2 is 1.79 bits per heavy atom. The summed E-state index contributed by atoms with van der Waals surface area (Å²) in [4.78, 5) is 11.8. The molecule has 6 heteroatoms. The highest BCUT2D eigenvalue weighted by Crippen LogP contribution is 2.27. The van der Waals surface area contributed by atoms with Gasteiger partial charge in [0.25, 0.3) is 0 Å². The molecule has 0 atom stereocenters. The Hall–Kier alpha value is -2.50. The van der Waals surface area contributed by atoms with E-state index in [1.165, 1.54) is 11.6 Å². The van der Waals surface area contributed by atoms with Crippen LogP contribution in [0, 0.1) is 0 Å². The molecule has 0 aliphatic heterocycles. The molecule has 5 nitrogen and oxygen atoms in total. The molecule has 0 aliphatic rings. The highest BCUT2D eigenvalue weighted by Gasteiger charge is 2.04. The quantitative estimate of drug-likeness (QED) is 0.404. The number of hydrogen-bond donors (Lipinski definition) is 2. The van der Waals surface area contributed by atoms with E-state index in [9.17, 15) is 4.79 Å². The third kappa shape index (κ3) is 8.59. The molecule has 0 heterocycles. The van der Waals surface area contributed by atoms with Crippen molar-refractivity contribution < 1.29 is 14.3 Å². The summed E-state index contributed by atoms with van der Waals surface area (Å²) in [5, 5.41) is 6.95. The van der Waals surface area contributed by atoms with E-state index in [0.29, 0.717) is 11.6 Å². The molecule has 0 unspecified atom stereocenters. The van der Waals surface area contributed by atoms with Crippen LogP contribution < -0.4 is 20.1 Å². The lowest BCUT2D eigenvalue weighted by molar-refractivity contribution is -0.116. The third-order valence-electron chi connectivity index (χ3n) is 4.37. The minimum Gasteiger partial charge on any atom is -0.493 e. The van der Waals surface area contributed by atoms with Gasteiger partial charge in [-0.05, 0) is 73.8 Å². The molecule has 29 heavy (non-hydrogen) atoms. The normalized spacial score (nSPS) is 10.9. The van der Waals surface area contributed by atoms with Crippen molar-refractivity contribution in [3.05, 3.63) is 64.7 Å². The lowest BCUT2D eigenvalue weighted by atomic mass is 10.1. The summed E-state index contributed by atoms with van der Waals surface area (Å²) >= 11 is 5.92. The molecule has 2 rings (SSSR count). The van der Waals surface area contributed by atoms with Crippen LogP contribution in [0.25, 0.3) is 6.08 Å². The van der Waals surface area contributed by atoms with Gasteiger partial charge in [-0.1, -0.05) is 29.8 Å². The Morgan fingerprint density at radius 3 is 2.55 bits per heavy atom. The fourth-order valence-corrected chi connectivity index (χ4v) is 3.04. The Bertz CT molecular complexity index is 808. The van der Waals surface area contributed by atoms with Crippen molar-refractivity contribution in [1.29, 1.82) is 0 Å². The molecule has 0 aromatic heterocycles. The van der Waals surface area contributed by atoms with Gasteiger partial charge in [-0.3, -0.25) is 4.79 Å². The summed E-state index contributed by atoms with van der Waals surface area (Å²) in [5.41, 5.74) is 2.13. The van der Waals surface area contributed by atoms with Crippen molar-refractivity contribution in [3.8, 4) is 11.5 Å². The van der Waals surface area contributed by atoms with Crippen molar-refractivity contribution in [1.82, 2.24) is 10.6 Å². The molecule has 2 N–H and O–H groups in total. The molecule has 2 aromatic rings. The van der Waals surface area contributed by atoms with E-state index in [1.54, 1.807) is 26.4 Å². The third-order valence-corrected chi connectivity index (χ3v) is 4.61. The zero-order valence-corrected chi connectivity index (χ0v) is 17.8. The number of amides is 1. The highest BCUT2D eigenvalue weighted by atomic mass is 35.5. The van der Waals surface area contributed by atoms with E-state index < -0.39 is 0 Å². The topological polar surface area (TPSA) is 59.6 Å². The standard InChI is InChI=1S/C23H29ClN2O3/c1-28-21-11-9-19(17-22(21)29-2)7-4-13-25-14-5-15-26-23(27)12-10-18-6-3-8-20(24)16-18/h3,6,8-12,16-17,25H,4-5,7,13-15H2,1-2H3,(H,26,27)/b12-10+. The van der Waals surface area contributed by atoms with Crippen LogP contribution >= 0.6 is 11.6 Å². The SMILES string of the molecule is COc1ccc(CCCNCCCNC(=O)/C=C/c2cccc(Cl)c2)cc1OC. The molecule has 0 radical (unpaired) electrons. The fourth-order valence-electron chi connectivity index (χ4n) is 2.84. The first-order valence-corrected chi connectivity index (χ1v) is 10.1. The molecular weight excluding hydrogens is 388 g/mol. The number of aryl methyl sites for hydroxylation is 1. The van der Waals surface area contributed by atoms with Gasteiger partial charge < -0.3 is 20.1 Å². The van der Waals surface area contributed by atoms with Crippen LogP contribution in [-0.2, 0) is 11.2 Å². The molecule has 0 spiro atoms. The van der Waals surface area contributed by atoms with Crippen LogP contribution in [0.15, 0.2) is 48.5 Å². The lowest BCUT2D eigenvalue weighted by Gasteiger charge is -2.10. The molecule has 0 bridgehead atoms. The molecule has 0 saturated heterocycles. The van der Waals surface area contributed by atoms with Crippen LogP contribution in [0.4, 0.5) is 0 Å². The van der Waals surface area contributed by atoms with E-state index in [2.05, 4.69) is 16.7 Å². The van der Waals surface area contributed by atoms with Gasteiger partial charge >= 0.3 is 0 Å². The maximum atomic E-state index is 11.8. The van der Waals surface area contributed by atoms with Crippen LogP contribution in [0.5, 0.6) is 11.5 Å². The van der Waals surface area contributed by atoms with Crippen molar-refractivity contribution in [2.75, 3.05) is 33.9 Å². The number of methoxy groups -OCH3 is 2. The van der Waals surface area contributed by atoms with E-state index in [0.717, 1.165) is 49.4 Å². The minimum absolute atomic E-state index is 0.0987. The Morgan fingerprint density at radius 1 is 1.00 bits per heavy atom. The van der Waals surface area contributed by atoms with Gasteiger partial charge in [-0.2, -0.15) is 0 Å². The second-order valence-corrected chi connectivity index (χ2v) is 7.01. The number of hydrogen-bond acceptors (Lipinski definition) is 4. The fraction of sp³-hybridized carbons (Fsp3) is 0.348. The van der Waals surface area contributed by atoms with Gasteiger partial charge in [0.05, 0.1) is 14.2 Å². The summed E-state index contributed by atoms with van der Waals surface area (Å²) in [5.74, 6) is 1.41. The predicted octanol–water partition coefficient (Wildman–Crippen LogP) is 4.10. The maximum absolute atomic E-state index is 11.8. The minimum atomic E-state index is -0.0987. The van der Waals surface area contributed by atoms with Crippen LogP contribution in [-0.4, -0.2) is 39.8 Å². The molecule has 1 amide bonds. The number of nitrogens with one attached hydrogen (secondary N) is 2. The highest BCUT2D eigenvalue weighted by molar-refractivity contribution is 6.30. The zero-order chi connectivity index (χ0) is 20.9. The molecule has 0 aliphatic carbocycles. The number of carbonyl (C=O) groups is 1. The van der Waals surface area contributed by atoms with Crippen molar-refractivity contribution in [2.24, 2.45) is 0 Å². The van der Waals surface area contributed by atoms with Gasteiger partial charge in [0.2, 0.25) is 5.91 Å². The molecule has 0 fully saturated rings. The first-order valence-electron chi connectivity index (χ1n) is 9.75. The van der Waals surface area contributed by atoms with E-state index in [1.807, 2.05) is 30.3 Å². The molecule has 2 aromatic carbocycles. The van der Waals surface area contributed by atoms with Crippen LogP contribution in [0.1, 0.15) is 24.0 Å². The number of benzene rings is 2. The van der Waals surface area contributed by atoms with Crippen molar-refractivity contribution >= 4 is 23.6 Å². The average molecular weight is 417 g/mol. The average Bonchev–Trinajstić information content (AvgIpc) is 2.74. The Kier molecular flexibility index (Phi) is 10.1. The maximum Gasteiger partial charge on any atom is 0.243 e. The van der Waals surface area contributed by atoms with Crippen LogP contribution in [0.3, 0.4) is 0 Å². The number of carbonyl (C=O) groups excluding carboxylic acids is 1. The Labute approximate surface area is 178 Å². The number of rotatable bonds is 12.